The molecule has 6 heteroatoms. The average Bonchev–Trinajstić information content (AvgIpc) is 2.75. The van der Waals surface area contributed by atoms with Crippen LogP contribution in [0.1, 0.15) is 19.5 Å². The first kappa shape index (κ1) is 13.3. The van der Waals surface area contributed by atoms with E-state index in [1.54, 1.807) is 16.9 Å². The van der Waals surface area contributed by atoms with Crippen LogP contribution in [-0.2, 0) is 13.5 Å². The maximum absolute atomic E-state index is 5.52. The number of ether oxygens (including phenoxy) is 1. The number of rotatable bonds is 6. The van der Waals surface area contributed by atoms with Gasteiger partial charge in [0.15, 0.2) is 0 Å². The third-order valence-electron chi connectivity index (χ3n) is 2.42. The molecular formula is C13H19N5O. The molecule has 0 unspecified atom stereocenters. The smallest absolute Gasteiger partial charge is 0.225 e. The monoisotopic (exact) mass is 261 g/mol. The third-order valence-corrected chi connectivity index (χ3v) is 2.42. The van der Waals surface area contributed by atoms with Crippen LogP contribution in [-0.4, -0.2) is 32.4 Å². The summed E-state index contributed by atoms with van der Waals surface area (Å²) in [4.78, 5) is 8.43. The molecule has 2 aromatic rings. The summed E-state index contributed by atoms with van der Waals surface area (Å²) in [7, 11) is 1.91. The van der Waals surface area contributed by atoms with Crippen molar-refractivity contribution in [2.24, 2.45) is 7.05 Å². The second-order valence-electron chi connectivity index (χ2n) is 4.54. The van der Waals surface area contributed by atoms with Gasteiger partial charge in [-0.05, 0) is 19.9 Å². The van der Waals surface area contributed by atoms with E-state index in [-0.39, 0.29) is 6.10 Å². The summed E-state index contributed by atoms with van der Waals surface area (Å²) in [5, 5.41) is 7.47. The van der Waals surface area contributed by atoms with Crippen LogP contribution in [0, 0.1) is 0 Å². The van der Waals surface area contributed by atoms with Crippen molar-refractivity contribution < 1.29 is 4.74 Å². The molecule has 6 nitrogen and oxygen atoms in total. The maximum atomic E-state index is 5.52. The largest absolute Gasteiger partial charge is 0.475 e. The van der Waals surface area contributed by atoms with Crippen LogP contribution in [0.25, 0.3) is 0 Å². The summed E-state index contributed by atoms with van der Waals surface area (Å²) in [6.07, 6.45) is 4.56. The zero-order valence-electron chi connectivity index (χ0n) is 11.5. The lowest BCUT2D eigenvalue weighted by Crippen LogP contribution is -2.11. The Morgan fingerprint density at radius 2 is 2.21 bits per heavy atom. The predicted molar refractivity (Wildman–Crippen MR) is 73.2 cm³/mol. The topological polar surface area (TPSA) is 64.9 Å². The van der Waals surface area contributed by atoms with Gasteiger partial charge >= 0.3 is 0 Å². The number of aromatic nitrogens is 4. The Labute approximate surface area is 112 Å². The molecule has 0 aromatic carbocycles. The van der Waals surface area contributed by atoms with E-state index in [1.807, 2.05) is 33.2 Å². The highest BCUT2D eigenvalue weighted by Gasteiger charge is 2.02. The number of anilines is 1. The van der Waals surface area contributed by atoms with Gasteiger partial charge in [-0.1, -0.05) is 0 Å². The van der Waals surface area contributed by atoms with Crippen molar-refractivity contribution in [1.29, 1.82) is 0 Å². The van der Waals surface area contributed by atoms with Crippen LogP contribution in [0.2, 0.25) is 0 Å². The lowest BCUT2D eigenvalue weighted by Gasteiger charge is -2.09. The summed E-state index contributed by atoms with van der Waals surface area (Å²) in [5.74, 6) is 1.17. The fourth-order valence-corrected chi connectivity index (χ4v) is 1.63. The summed E-state index contributed by atoms with van der Waals surface area (Å²) < 4.78 is 7.31. The lowest BCUT2D eigenvalue weighted by atomic mass is 10.3. The third kappa shape index (κ3) is 4.24. The molecule has 19 heavy (non-hydrogen) atoms. The number of nitrogens with zero attached hydrogens (tertiary/aromatic N) is 4. The molecule has 0 spiro atoms. The molecule has 0 aliphatic rings. The SMILES string of the molecule is CC(C)Oc1ccnc(NCCc2ccn(C)n2)n1. The van der Waals surface area contributed by atoms with Gasteiger partial charge in [0.25, 0.3) is 0 Å². The zero-order chi connectivity index (χ0) is 13.7. The average molecular weight is 261 g/mol. The molecule has 0 saturated carbocycles. The number of aryl methyl sites for hydroxylation is 1. The molecule has 1 N–H and O–H groups in total. The molecule has 102 valence electrons. The highest BCUT2D eigenvalue weighted by atomic mass is 16.5. The van der Waals surface area contributed by atoms with Crippen LogP contribution < -0.4 is 10.1 Å². The molecule has 0 aliphatic carbocycles. The van der Waals surface area contributed by atoms with Crippen molar-refractivity contribution in [1.82, 2.24) is 19.7 Å². The van der Waals surface area contributed by atoms with Crippen molar-refractivity contribution >= 4 is 5.95 Å². The van der Waals surface area contributed by atoms with E-state index in [1.165, 1.54) is 0 Å². The van der Waals surface area contributed by atoms with Crippen molar-refractivity contribution in [2.45, 2.75) is 26.4 Å². The van der Waals surface area contributed by atoms with E-state index in [9.17, 15) is 0 Å². The molecule has 2 rings (SSSR count). The van der Waals surface area contributed by atoms with Crippen molar-refractivity contribution in [3.8, 4) is 5.88 Å². The van der Waals surface area contributed by atoms with Gasteiger partial charge < -0.3 is 10.1 Å². The van der Waals surface area contributed by atoms with Gasteiger partial charge in [0.2, 0.25) is 11.8 Å². The van der Waals surface area contributed by atoms with Crippen molar-refractivity contribution in [3.63, 3.8) is 0 Å². The Bertz CT molecular complexity index is 523. The first-order valence-corrected chi connectivity index (χ1v) is 6.35. The van der Waals surface area contributed by atoms with Crippen molar-refractivity contribution in [2.75, 3.05) is 11.9 Å². The summed E-state index contributed by atoms with van der Waals surface area (Å²) in [6.45, 7) is 4.68. The Morgan fingerprint density at radius 1 is 1.37 bits per heavy atom. The predicted octanol–water partition coefficient (Wildman–Crippen LogP) is 1.65. The quantitative estimate of drug-likeness (QED) is 0.856. The zero-order valence-corrected chi connectivity index (χ0v) is 11.5. The van der Waals surface area contributed by atoms with Crippen LogP contribution in [0.15, 0.2) is 24.5 Å². The number of hydrogen-bond donors (Lipinski definition) is 1. The minimum Gasteiger partial charge on any atom is -0.475 e. The van der Waals surface area contributed by atoms with E-state index < -0.39 is 0 Å². The first-order valence-electron chi connectivity index (χ1n) is 6.35. The van der Waals surface area contributed by atoms with Crippen LogP contribution in [0.4, 0.5) is 5.95 Å². The fourth-order valence-electron chi connectivity index (χ4n) is 1.63. The van der Waals surface area contributed by atoms with Crippen LogP contribution in [0.5, 0.6) is 5.88 Å². The van der Waals surface area contributed by atoms with Gasteiger partial charge in [-0.15, -0.1) is 0 Å². The van der Waals surface area contributed by atoms with E-state index in [2.05, 4.69) is 20.4 Å². The molecule has 0 saturated heterocycles. The van der Waals surface area contributed by atoms with Crippen LogP contribution >= 0.6 is 0 Å². The van der Waals surface area contributed by atoms with Gasteiger partial charge in [-0.25, -0.2) is 4.98 Å². The Morgan fingerprint density at radius 3 is 2.89 bits per heavy atom. The number of nitrogens with one attached hydrogen (secondary N) is 1. The van der Waals surface area contributed by atoms with E-state index in [0.717, 1.165) is 18.7 Å². The van der Waals surface area contributed by atoms with Crippen molar-refractivity contribution in [3.05, 3.63) is 30.2 Å². The maximum Gasteiger partial charge on any atom is 0.225 e. The Hall–Kier alpha value is -2.11. The van der Waals surface area contributed by atoms with Gasteiger partial charge in [0, 0.05) is 38.5 Å². The second kappa shape index (κ2) is 6.17. The minimum absolute atomic E-state index is 0.108. The Balaban J connectivity index is 1.85. The molecule has 0 atom stereocenters. The highest BCUT2D eigenvalue weighted by Crippen LogP contribution is 2.10. The summed E-state index contributed by atoms with van der Waals surface area (Å²) in [6, 6.07) is 3.75. The Kier molecular flexibility index (Phi) is 4.33. The molecule has 2 heterocycles. The van der Waals surface area contributed by atoms with E-state index in [0.29, 0.717) is 11.8 Å². The molecule has 2 aromatic heterocycles. The summed E-state index contributed by atoms with van der Waals surface area (Å²) >= 11 is 0. The molecule has 0 radical (unpaired) electrons. The molecule has 0 aliphatic heterocycles. The van der Waals surface area contributed by atoms with Gasteiger partial charge in [0.1, 0.15) is 0 Å². The molecule has 0 bridgehead atoms. The molecule has 0 fully saturated rings. The minimum atomic E-state index is 0.108. The van der Waals surface area contributed by atoms with Gasteiger partial charge in [-0.3, -0.25) is 4.68 Å². The lowest BCUT2D eigenvalue weighted by molar-refractivity contribution is 0.232. The fraction of sp³-hybridized carbons (Fsp3) is 0.462. The second-order valence-corrected chi connectivity index (χ2v) is 4.54. The van der Waals surface area contributed by atoms with E-state index in [4.69, 9.17) is 4.74 Å². The number of hydrogen-bond acceptors (Lipinski definition) is 5. The van der Waals surface area contributed by atoms with Gasteiger partial charge in [0.05, 0.1) is 11.8 Å². The molecular weight excluding hydrogens is 242 g/mol. The highest BCUT2D eigenvalue weighted by molar-refractivity contribution is 5.27. The molecule has 0 amide bonds. The summed E-state index contributed by atoms with van der Waals surface area (Å²) in [5.41, 5.74) is 1.05. The van der Waals surface area contributed by atoms with Crippen LogP contribution in [0.3, 0.4) is 0 Å². The standard InChI is InChI=1S/C13H19N5O/c1-10(2)19-12-5-8-15-13(16-12)14-7-4-11-6-9-18(3)17-11/h5-6,8-10H,4,7H2,1-3H3,(H,14,15,16). The van der Waals surface area contributed by atoms with E-state index >= 15 is 0 Å². The van der Waals surface area contributed by atoms with Gasteiger partial charge in [-0.2, -0.15) is 10.1 Å². The first-order chi connectivity index (χ1) is 9.13. The normalized spacial score (nSPS) is 10.7.